The van der Waals surface area contributed by atoms with Gasteiger partial charge in [-0.15, -0.1) is 0 Å². The third-order valence-corrected chi connectivity index (χ3v) is 1.43. The number of aromatic nitrogens is 1. The van der Waals surface area contributed by atoms with Crippen molar-refractivity contribution >= 4 is 22.5 Å². The quantitative estimate of drug-likeness (QED) is 0.654. The molecule has 0 bridgehead atoms. The largest absolute Gasteiger partial charge is 0.397 e. The molecule has 0 unspecified atom stereocenters. The Morgan fingerprint density at radius 3 is 2.92 bits per heavy atom. The number of nitrogens with zero attached hydrogens (tertiary/aromatic N) is 2. The predicted octanol–water partition coefficient (Wildman–Crippen LogP) is 0.914. The number of halogens is 1. The first-order valence-electron chi connectivity index (χ1n) is 3.00. The minimum Gasteiger partial charge on any atom is -0.397 e. The van der Waals surface area contributed by atoms with Gasteiger partial charge in [0.15, 0.2) is 5.69 Å². The summed E-state index contributed by atoms with van der Waals surface area (Å²) in [7, 11) is 0. The Kier molecular flexibility index (Phi) is 2.26. The third kappa shape index (κ3) is 1.52. The van der Waals surface area contributed by atoms with Crippen LogP contribution >= 0.6 is 11.6 Å². The predicted molar refractivity (Wildman–Crippen MR) is 43.5 cm³/mol. The molecule has 0 aromatic carbocycles. The number of nitrogen functional groups attached to an aromatic ring is 1. The Morgan fingerprint density at radius 1 is 1.75 bits per heavy atom. The maximum Gasteiger partial charge on any atom is 0.255 e. The van der Waals surface area contributed by atoms with Crippen LogP contribution in [0.2, 0.25) is 0 Å². The van der Waals surface area contributed by atoms with E-state index < -0.39 is 5.24 Å². The average Bonchev–Trinajstić information content (AvgIpc) is 2.04. The van der Waals surface area contributed by atoms with Crippen molar-refractivity contribution in [3.05, 3.63) is 23.5 Å². The zero-order valence-corrected chi connectivity index (χ0v) is 6.67. The summed E-state index contributed by atoms with van der Waals surface area (Å²) in [6.07, 6.45) is 1.29. The second kappa shape index (κ2) is 3.20. The molecule has 0 spiro atoms. The van der Waals surface area contributed by atoms with Gasteiger partial charge in [0.05, 0.1) is 17.4 Å². The van der Waals surface area contributed by atoms with Crippen LogP contribution in [0.4, 0.5) is 5.69 Å². The molecule has 60 valence electrons. The molecule has 1 aromatic rings. The molecule has 0 atom stereocenters. The number of pyridine rings is 1. The van der Waals surface area contributed by atoms with Crippen LogP contribution in [0.1, 0.15) is 16.1 Å². The van der Waals surface area contributed by atoms with Crippen LogP contribution in [0, 0.1) is 11.3 Å². The van der Waals surface area contributed by atoms with Crippen molar-refractivity contribution in [2.24, 2.45) is 0 Å². The highest BCUT2D eigenvalue weighted by Gasteiger charge is 2.09. The first-order chi connectivity index (χ1) is 5.65. The minimum absolute atomic E-state index is 0.01000. The van der Waals surface area contributed by atoms with Gasteiger partial charge in [-0.3, -0.25) is 4.79 Å². The monoisotopic (exact) mass is 181 g/mol. The summed E-state index contributed by atoms with van der Waals surface area (Å²) in [5.41, 5.74) is 5.67. The Balaban J connectivity index is 3.34. The van der Waals surface area contributed by atoms with E-state index in [0.717, 1.165) is 0 Å². The molecule has 0 amide bonds. The highest BCUT2D eigenvalue weighted by Crippen LogP contribution is 2.11. The van der Waals surface area contributed by atoms with Crippen LogP contribution in [0.3, 0.4) is 0 Å². The normalized spacial score (nSPS) is 9.00. The van der Waals surface area contributed by atoms with E-state index in [-0.39, 0.29) is 11.3 Å². The molecule has 0 aliphatic heterocycles. The van der Waals surface area contributed by atoms with Gasteiger partial charge in [0.25, 0.3) is 5.24 Å². The van der Waals surface area contributed by atoms with Crippen LogP contribution < -0.4 is 5.73 Å². The van der Waals surface area contributed by atoms with E-state index in [9.17, 15) is 4.79 Å². The highest BCUT2D eigenvalue weighted by molar-refractivity contribution is 6.68. The van der Waals surface area contributed by atoms with Crippen LogP contribution in [0.25, 0.3) is 0 Å². The fourth-order valence-electron chi connectivity index (χ4n) is 0.720. The van der Waals surface area contributed by atoms with Gasteiger partial charge in [0.2, 0.25) is 0 Å². The Bertz CT molecular complexity index is 369. The lowest BCUT2D eigenvalue weighted by Gasteiger charge is -1.97. The maximum atomic E-state index is 10.7. The molecule has 0 aliphatic rings. The summed E-state index contributed by atoms with van der Waals surface area (Å²) in [5.74, 6) is 0. The number of nitrogens with two attached hydrogens (primary N) is 1. The lowest BCUT2D eigenvalue weighted by Crippen LogP contribution is -1.99. The summed E-state index contributed by atoms with van der Waals surface area (Å²) in [4.78, 5) is 14.3. The van der Waals surface area contributed by atoms with Crippen molar-refractivity contribution in [1.29, 1.82) is 5.26 Å². The fourth-order valence-corrected chi connectivity index (χ4v) is 0.864. The van der Waals surface area contributed by atoms with E-state index >= 15 is 0 Å². The molecule has 0 saturated heterocycles. The Morgan fingerprint density at radius 2 is 2.42 bits per heavy atom. The number of carbonyl (C=O) groups excluding carboxylic acids is 1. The Hall–Kier alpha value is -1.60. The van der Waals surface area contributed by atoms with Gasteiger partial charge in [0, 0.05) is 0 Å². The van der Waals surface area contributed by atoms with Crippen LogP contribution in [0.15, 0.2) is 12.3 Å². The van der Waals surface area contributed by atoms with Crippen molar-refractivity contribution in [1.82, 2.24) is 4.98 Å². The van der Waals surface area contributed by atoms with Gasteiger partial charge in [0.1, 0.15) is 6.07 Å². The molecule has 2 N–H and O–H groups in total. The molecule has 12 heavy (non-hydrogen) atoms. The summed E-state index contributed by atoms with van der Waals surface area (Å²) < 4.78 is 0. The zero-order chi connectivity index (χ0) is 9.14. The summed E-state index contributed by atoms with van der Waals surface area (Å²) in [5, 5.41) is 7.76. The van der Waals surface area contributed by atoms with Crippen molar-refractivity contribution in [3.8, 4) is 6.07 Å². The van der Waals surface area contributed by atoms with Gasteiger partial charge in [-0.2, -0.15) is 5.26 Å². The minimum atomic E-state index is -0.730. The van der Waals surface area contributed by atoms with Gasteiger partial charge < -0.3 is 5.73 Å². The summed E-state index contributed by atoms with van der Waals surface area (Å²) >= 11 is 5.17. The smallest absolute Gasteiger partial charge is 0.255 e. The van der Waals surface area contributed by atoms with Crippen molar-refractivity contribution in [3.63, 3.8) is 0 Å². The molecule has 1 aromatic heterocycles. The van der Waals surface area contributed by atoms with E-state index in [1.54, 1.807) is 6.07 Å². The van der Waals surface area contributed by atoms with Gasteiger partial charge in [-0.25, -0.2) is 4.98 Å². The molecule has 0 radical (unpaired) electrons. The Labute approximate surface area is 73.6 Å². The SMILES string of the molecule is N#Cc1ncc(N)cc1C(=O)Cl. The van der Waals surface area contributed by atoms with E-state index in [2.05, 4.69) is 4.98 Å². The number of rotatable bonds is 1. The summed E-state index contributed by atoms with van der Waals surface area (Å²) in [6.45, 7) is 0. The molecule has 1 rings (SSSR count). The van der Waals surface area contributed by atoms with Crippen LogP contribution in [0.5, 0.6) is 0 Å². The molecule has 1 heterocycles. The molecule has 0 aliphatic carbocycles. The molecular weight excluding hydrogens is 178 g/mol. The first-order valence-corrected chi connectivity index (χ1v) is 3.38. The third-order valence-electron chi connectivity index (χ3n) is 1.23. The van der Waals surface area contributed by atoms with E-state index in [1.807, 2.05) is 0 Å². The second-order valence-electron chi connectivity index (χ2n) is 2.05. The van der Waals surface area contributed by atoms with Crippen molar-refractivity contribution < 1.29 is 4.79 Å². The number of nitriles is 1. The number of carbonyl (C=O) groups is 1. The lowest BCUT2D eigenvalue weighted by atomic mass is 10.2. The first kappa shape index (κ1) is 8.50. The maximum absolute atomic E-state index is 10.7. The van der Waals surface area contributed by atoms with Crippen LogP contribution in [-0.2, 0) is 0 Å². The standard InChI is InChI=1S/C7H4ClN3O/c8-7(12)5-1-4(10)3-11-6(5)2-9/h1,3H,10H2. The van der Waals surface area contributed by atoms with Crippen molar-refractivity contribution in [2.75, 3.05) is 5.73 Å². The van der Waals surface area contributed by atoms with Crippen molar-refractivity contribution in [2.45, 2.75) is 0 Å². The van der Waals surface area contributed by atoms with E-state index in [4.69, 9.17) is 22.6 Å². The molecule has 5 heteroatoms. The van der Waals surface area contributed by atoms with Gasteiger partial charge >= 0.3 is 0 Å². The molecule has 0 fully saturated rings. The lowest BCUT2D eigenvalue weighted by molar-refractivity contribution is 0.108. The average molecular weight is 182 g/mol. The number of hydrogen-bond donors (Lipinski definition) is 1. The topological polar surface area (TPSA) is 79.8 Å². The van der Waals surface area contributed by atoms with Crippen LogP contribution in [-0.4, -0.2) is 10.2 Å². The molecule has 0 saturated carbocycles. The number of hydrogen-bond acceptors (Lipinski definition) is 4. The van der Waals surface area contributed by atoms with E-state index in [1.165, 1.54) is 12.3 Å². The van der Waals surface area contributed by atoms with Gasteiger partial charge in [-0.05, 0) is 17.7 Å². The fraction of sp³-hybridized carbons (Fsp3) is 0. The molecule has 4 nitrogen and oxygen atoms in total. The second-order valence-corrected chi connectivity index (χ2v) is 2.39. The number of anilines is 1. The zero-order valence-electron chi connectivity index (χ0n) is 5.91. The van der Waals surface area contributed by atoms with E-state index in [0.29, 0.717) is 5.69 Å². The highest BCUT2D eigenvalue weighted by atomic mass is 35.5. The van der Waals surface area contributed by atoms with Gasteiger partial charge in [-0.1, -0.05) is 0 Å². The molecular formula is C7H4ClN3O. The summed E-state index contributed by atoms with van der Waals surface area (Å²) in [6, 6.07) is 3.05.